The molecule has 1 saturated heterocycles. The van der Waals surface area contributed by atoms with Crippen molar-refractivity contribution in [3.63, 3.8) is 0 Å². The first kappa shape index (κ1) is 18.2. The van der Waals surface area contributed by atoms with Crippen LogP contribution < -0.4 is 0 Å². The first-order valence-electron chi connectivity index (χ1n) is 9.12. The zero-order valence-corrected chi connectivity index (χ0v) is 15.7. The maximum atomic E-state index is 12.9. The average Bonchev–Trinajstić information content (AvgIpc) is 2.96. The fourth-order valence-electron chi connectivity index (χ4n) is 3.82. The minimum absolute atomic E-state index is 0.0288. The second-order valence-electron chi connectivity index (χ2n) is 7.04. The summed E-state index contributed by atoms with van der Waals surface area (Å²) in [5, 5.41) is 0. The number of rotatable bonds is 4. The number of carbonyl (C=O) groups excluding carboxylic acids is 2. The highest BCUT2D eigenvalue weighted by molar-refractivity contribution is 6.00. The quantitative estimate of drug-likeness (QED) is 0.855. The molecule has 26 heavy (non-hydrogen) atoms. The molecule has 1 N–H and O–H groups in total. The lowest BCUT2D eigenvalue weighted by molar-refractivity contribution is 0.0599. The van der Waals surface area contributed by atoms with E-state index in [1.807, 2.05) is 11.0 Å². The molecule has 2 aromatic rings. The Labute approximate surface area is 154 Å². The molecule has 5 nitrogen and oxygen atoms in total. The third kappa shape index (κ3) is 3.66. The third-order valence-corrected chi connectivity index (χ3v) is 5.31. The molecule has 0 radical (unpaired) electrons. The summed E-state index contributed by atoms with van der Waals surface area (Å²) in [6.07, 6.45) is 3.07. The number of nitrogens with zero attached hydrogens (tertiary/aromatic N) is 1. The van der Waals surface area contributed by atoms with E-state index in [4.69, 9.17) is 4.74 Å². The summed E-state index contributed by atoms with van der Waals surface area (Å²) in [5.74, 6) is 0.175. The number of H-pyrrole nitrogens is 1. The molecule has 2 heterocycles. The number of methoxy groups -OCH3 is 1. The van der Waals surface area contributed by atoms with E-state index in [1.165, 1.54) is 12.7 Å². The molecule has 0 atom stereocenters. The van der Waals surface area contributed by atoms with Gasteiger partial charge in [0.2, 0.25) is 0 Å². The van der Waals surface area contributed by atoms with E-state index in [0.29, 0.717) is 28.4 Å². The van der Waals surface area contributed by atoms with E-state index in [1.54, 1.807) is 13.8 Å². The van der Waals surface area contributed by atoms with Gasteiger partial charge in [-0.1, -0.05) is 30.3 Å². The summed E-state index contributed by atoms with van der Waals surface area (Å²) in [4.78, 5) is 29.8. The first-order valence-corrected chi connectivity index (χ1v) is 9.12. The Kier molecular flexibility index (Phi) is 5.45. The summed E-state index contributed by atoms with van der Waals surface area (Å²) in [7, 11) is 1.35. The number of esters is 1. The number of carbonyl (C=O) groups is 2. The maximum Gasteiger partial charge on any atom is 0.339 e. The zero-order chi connectivity index (χ0) is 18.7. The predicted molar refractivity (Wildman–Crippen MR) is 100 cm³/mol. The normalized spacial score (nSPS) is 15.1. The number of hydrogen-bond donors (Lipinski definition) is 1. The van der Waals surface area contributed by atoms with E-state index < -0.39 is 5.97 Å². The topological polar surface area (TPSA) is 62.4 Å². The molecule has 0 spiro atoms. The maximum absolute atomic E-state index is 12.9. The van der Waals surface area contributed by atoms with Gasteiger partial charge >= 0.3 is 5.97 Å². The lowest BCUT2D eigenvalue weighted by Gasteiger charge is -2.32. The van der Waals surface area contributed by atoms with E-state index in [2.05, 4.69) is 29.2 Å². The molecular weight excluding hydrogens is 328 g/mol. The minimum Gasteiger partial charge on any atom is -0.465 e. The van der Waals surface area contributed by atoms with E-state index >= 15 is 0 Å². The number of ether oxygens (including phenoxy) is 1. The smallest absolute Gasteiger partial charge is 0.339 e. The number of benzene rings is 1. The van der Waals surface area contributed by atoms with Gasteiger partial charge in [0.25, 0.3) is 5.91 Å². The minimum atomic E-state index is -0.406. The van der Waals surface area contributed by atoms with Gasteiger partial charge in [0.15, 0.2) is 0 Å². The van der Waals surface area contributed by atoms with Crippen molar-refractivity contribution < 1.29 is 14.3 Å². The van der Waals surface area contributed by atoms with Crippen LogP contribution in [0.15, 0.2) is 30.3 Å². The highest BCUT2D eigenvalue weighted by atomic mass is 16.5. The molecule has 0 unspecified atom stereocenters. The van der Waals surface area contributed by atoms with E-state index in [9.17, 15) is 9.59 Å². The molecule has 1 aliphatic rings. The summed E-state index contributed by atoms with van der Waals surface area (Å²) in [6.45, 7) is 5.09. The molecule has 138 valence electrons. The van der Waals surface area contributed by atoms with E-state index in [0.717, 1.165) is 32.4 Å². The molecule has 0 saturated carbocycles. The molecule has 0 bridgehead atoms. The molecule has 1 aromatic heterocycles. The molecule has 5 heteroatoms. The summed E-state index contributed by atoms with van der Waals surface area (Å²) in [6, 6.07) is 10.5. The fraction of sp³-hybridized carbons (Fsp3) is 0.429. The van der Waals surface area contributed by atoms with Crippen LogP contribution in [0, 0.1) is 19.8 Å². The highest BCUT2D eigenvalue weighted by Crippen LogP contribution is 2.25. The largest absolute Gasteiger partial charge is 0.465 e. The van der Waals surface area contributed by atoms with Crippen LogP contribution in [0.25, 0.3) is 0 Å². The van der Waals surface area contributed by atoms with E-state index in [-0.39, 0.29) is 5.91 Å². The molecular formula is C21H26N2O3. The lowest BCUT2D eigenvalue weighted by atomic mass is 9.90. The Morgan fingerprint density at radius 1 is 1.15 bits per heavy atom. The summed E-state index contributed by atoms with van der Waals surface area (Å²) >= 11 is 0. The zero-order valence-electron chi connectivity index (χ0n) is 15.7. The monoisotopic (exact) mass is 354 g/mol. The highest BCUT2D eigenvalue weighted by Gasteiger charge is 2.28. The number of piperidine rings is 1. The number of likely N-dealkylation sites (tertiary alicyclic amines) is 1. The third-order valence-electron chi connectivity index (χ3n) is 5.31. The molecule has 1 amide bonds. The number of hydrogen-bond acceptors (Lipinski definition) is 3. The standard InChI is InChI=1S/C21H26N2O3/c1-14-18(21(25)26-3)15(2)22-19(14)20(24)23-11-9-17(10-12-23)13-16-7-5-4-6-8-16/h4-8,17,22H,9-13H2,1-3H3. The van der Waals surface area contributed by atoms with Crippen LogP contribution in [0.5, 0.6) is 0 Å². The van der Waals surface area contributed by atoms with Crippen molar-refractivity contribution >= 4 is 11.9 Å². The Morgan fingerprint density at radius 3 is 2.42 bits per heavy atom. The Morgan fingerprint density at radius 2 is 1.81 bits per heavy atom. The van der Waals surface area contributed by atoms with Crippen LogP contribution in [0.2, 0.25) is 0 Å². The average molecular weight is 354 g/mol. The molecule has 1 fully saturated rings. The Hall–Kier alpha value is -2.56. The molecule has 1 aromatic carbocycles. The van der Waals surface area contributed by atoms with Crippen molar-refractivity contribution in [1.82, 2.24) is 9.88 Å². The SMILES string of the molecule is COC(=O)c1c(C)[nH]c(C(=O)N2CCC(Cc3ccccc3)CC2)c1C. The van der Waals surface area contributed by atoms with Crippen molar-refractivity contribution in [2.24, 2.45) is 5.92 Å². The van der Waals surface area contributed by atoms with Crippen molar-refractivity contribution in [1.29, 1.82) is 0 Å². The lowest BCUT2D eigenvalue weighted by Crippen LogP contribution is -2.39. The van der Waals surface area contributed by atoms with Crippen molar-refractivity contribution in [2.45, 2.75) is 33.1 Å². The Balaban J connectivity index is 1.65. The second kappa shape index (κ2) is 7.77. The second-order valence-corrected chi connectivity index (χ2v) is 7.04. The van der Waals surface area contributed by atoms with Crippen LogP contribution in [0.1, 0.15) is 50.5 Å². The van der Waals surface area contributed by atoms with Crippen LogP contribution in [-0.4, -0.2) is 42.0 Å². The van der Waals surface area contributed by atoms with Crippen LogP contribution in [-0.2, 0) is 11.2 Å². The van der Waals surface area contributed by atoms with Crippen molar-refractivity contribution in [3.8, 4) is 0 Å². The Bertz CT molecular complexity index is 787. The summed E-state index contributed by atoms with van der Waals surface area (Å²) < 4.78 is 4.82. The predicted octanol–water partition coefficient (Wildman–Crippen LogP) is 3.51. The van der Waals surface area contributed by atoms with Crippen LogP contribution in [0.4, 0.5) is 0 Å². The van der Waals surface area contributed by atoms with Gasteiger partial charge in [0, 0.05) is 18.8 Å². The number of aromatic amines is 1. The van der Waals surface area contributed by atoms with Gasteiger partial charge in [-0.15, -0.1) is 0 Å². The number of aromatic nitrogens is 1. The van der Waals surface area contributed by atoms with Crippen LogP contribution in [0.3, 0.4) is 0 Å². The molecule has 0 aliphatic carbocycles. The number of amides is 1. The van der Waals surface area contributed by atoms with Gasteiger partial charge in [0.05, 0.1) is 12.7 Å². The molecule has 3 rings (SSSR count). The summed E-state index contributed by atoms with van der Waals surface area (Å²) in [5.41, 5.74) is 3.68. The first-order chi connectivity index (χ1) is 12.5. The van der Waals surface area contributed by atoms with Crippen molar-refractivity contribution in [2.75, 3.05) is 20.2 Å². The fourth-order valence-corrected chi connectivity index (χ4v) is 3.82. The number of aryl methyl sites for hydroxylation is 1. The van der Waals surface area contributed by atoms with Crippen LogP contribution >= 0.6 is 0 Å². The number of nitrogens with one attached hydrogen (secondary N) is 1. The van der Waals surface area contributed by atoms with Gasteiger partial charge in [-0.3, -0.25) is 4.79 Å². The van der Waals surface area contributed by atoms with Gasteiger partial charge in [-0.2, -0.15) is 0 Å². The van der Waals surface area contributed by atoms with Gasteiger partial charge in [-0.25, -0.2) is 4.79 Å². The van der Waals surface area contributed by atoms with Gasteiger partial charge in [-0.05, 0) is 50.2 Å². The van der Waals surface area contributed by atoms with Gasteiger partial charge in [0.1, 0.15) is 5.69 Å². The van der Waals surface area contributed by atoms with Gasteiger partial charge < -0.3 is 14.6 Å². The molecule has 1 aliphatic heterocycles. The van der Waals surface area contributed by atoms with Crippen molar-refractivity contribution in [3.05, 3.63) is 58.4 Å².